The van der Waals surface area contributed by atoms with Gasteiger partial charge in [0.15, 0.2) is 0 Å². The van der Waals surface area contributed by atoms with Crippen LogP contribution in [0.1, 0.15) is 187 Å². The van der Waals surface area contributed by atoms with Crippen molar-refractivity contribution in [1.82, 2.24) is 0 Å². The molecule has 0 nitrogen and oxygen atoms in total. The summed E-state index contributed by atoms with van der Waals surface area (Å²) in [6, 6.07) is 10.8. The number of allylic oxidation sites excluding steroid dienone is 2. The van der Waals surface area contributed by atoms with Crippen molar-refractivity contribution in [2.45, 2.75) is 218 Å². The van der Waals surface area contributed by atoms with Gasteiger partial charge in [-0.3, -0.25) is 0 Å². The average Bonchev–Trinajstić information content (AvgIpc) is 3.85. The highest BCUT2D eigenvalue weighted by molar-refractivity contribution is 9.25. The predicted octanol–water partition coefficient (Wildman–Crippen LogP) is 21.4. The lowest BCUT2D eigenvalue weighted by Gasteiger charge is -2.41. The maximum absolute atomic E-state index is 12.0. The topological polar surface area (TPSA) is 0 Å². The Morgan fingerprint density at radius 2 is 0.897 bits per heavy atom. The van der Waals surface area contributed by atoms with Gasteiger partial charge in [-0.2, -0.15) is 17.6 Å². The van der Waals surface area contributed by atoms with Gasteiger partial charge in [0, 0.05) is 30.1 Å². The summed E-state index contributed by atoms with van der Waals surface area (Å²) in [5.74, 6) is -2.08. The molecule has 11 rings (SSSR count). The molecule has 0 aromatic heterocycles. The SMILES string of the molecule is CC(C)=CC1C(C)C1(C)C.CC1CC(F)(F)C1(F)F.CC1CC1(Br)Br.CC1CC1(C)C.CC1CC1(Cl)Cl.CC1CC1(F)F.CC1CC1C.CC1CC1Cl.CC1CC1F.C[C@H]1C[C@@H]1c1ccccc1. The highest BCUT2D eigenvalue weighted by Gasteiger charge is 2.69. The molecule has 0 heterocycles. The monoisotopic (exact) mass is 1160 g/mol. The van der Waals surface area contributed by atoms with Crippen LogP contribution >= 0.6 is 66.7 Å². The number of benzene rings is 1. The fourth-order valence-electron chi connectivity index (χ4n) is 6.86. The minimum absolute atomic E-state index is 0.104. The molecule has 1 aromatic rings. The predicted molar refractivity (Wildman–Crippen MR) is 286 cm³/mol. The quantitative estimate of drug-likeness (QED) is 0.157. The summed E-state index contributed by atoms with van der Waals surface area (Å²) in [4.78, 5) is 0. The Hall–Kier alpha value is 0.300. The lowest BCUT2D eigenvalue weighted by molar-refractivity contribution is -0.309. The summed E-state index contributed by atoms with van der Waals surface area (Å²) in [6.07, 6.45) is 9.97. The van der Waals surface area contributed by atoms with Gasteiger partial charge in [0.1, 0.15) is 10.5 Å². The van der Waals surface area contributed by atoms with Crippen LogP contribution in [0.15, 0.2) is 42.0 Å². The normalized spacial score (nSPS) is 39.4. The van der Waals surface area contributed by atoms with Crippen LogP contribution in [0.4, 0.5) is 30.7 Å². The first-order chi connectivity index (χ1) is 30.6. The van der Waals surface area contributed by atoms with E-state index < -0.39 is 36.3 Å². The molecule has 13 unspecified atom stereocenters. The van der Waals surface area contributed by atoms with Gasteiger partial charge in [0.2, 0.25) is 0 Å². The molecule has 0 aliphatic heterocycles. The van der Waals surface area contributed by atoms with Gasteiger partial charge in [-0.1, -0.05) is 178 Å². The Morgan fingerprint density at radius 3 is 0.985 bits per heavy atom. The van der Waals surface area contributed by atoms with Crippen LogP contribution in [-0.2, 0) is 0 Å². The Bertz CT molecular complexity index is 1570. The van der Waals surface area contributed by atoms with Crippen molar-refractivity contribution in [3.63, 3.8) is 0 Å². The molecule has 0 saturated heterocycles. The van der Waals surface area contributed by atoms with E-state index in [1.807, 2.05) is 13.8 Å². The molecule has 10 aliphatic rings. The van der Waals surface area contributed by atoms with E-state index in [-0.39, 0.29) is 16.7 Å². The van der Waals surface area contributed by atoms with Crippen LogP contribution in [-0.4, -0.2) is 36.9 Å². The lowest BCUT2D eigenvalue weighted by atomic mass is 9.78. The van der Waals surface area contributed by atoms with Gasteiger partial charge in [-0.25, -0.2) is 13.2 Å². The van der Waals surface area contributed by atoms with Crippen LogP contribution in [0, 0.1) is 81.8 Å². The van der Waals surface area contributed by atoms with Crippen molar-refractivity contribution in [3.8, 4) is 0 Å². The minimum Gasteiger partial charge on any atom is -0.247 e. The van der Waals surface area contributed by atoms with Gasteiger partial charge < -0.3 is 0 Å². The maximum Gasteiger partial charge on any atom is 0.312 e. The zero-order chi connectivity index (χ0) is 52.9. The molecule has 10 saturated carbocycles. The van der Waals surface area contributed by atoms with Crippen molar-refractivity contribution in [3.05, 3.63) is 47.5 Å². The molecule has 0 N–H and O–H groups in total. The second kappa shape index (κ2) is 25.2. The van der Waals surface area contributed by atoms with E-state index in [0.717, 1.165) is 73.0 Å². The zero-order valence-electron chi connectivity index (χ0n) is 44.5. The fraction of sp³-hybridized carbons (Fsp3) is 0.857. The van der Waals surface area contributed by atoms with Crippen molar-refractivity contribution in [2.24, 2.45) is 81.8 Å². The third-order valence-corrected chi connectivity index (χ3v) is 19.8. The molecular formula is C56H90Br2Cl3F7. The molecule has 0 radical (unpaired) electrons. The van der Waals surface area contributed by atoms with Crippen molar-refractivity contribution in [2.75, 3.05) is 0 Å². The van der Waals surface area contributed by atoms with E-state index in [1.165, 1.54) is 43.2 Å². The standard InChI is InChI=1S/C10H12.C10H18.C6H12.C5H6F4.C5H10.C4H6Br2.C4H6Cl2.C4H7Cl.C4H6F2.C4H7F/c1-8-7-10(8)9-5-3-2-4-6-9;1-7(2)6-9-8(3)10(9,4)5;1-5-4-6(5,2)3;1-3-2-4(6,7)5(3,8)9;1-4-3-5(4)2;2*1-3-2-4(3,5)6;1-3-2-4(3)5;1-3-2-4(3,5)6;1-3-2-4(3)5/h2-6,8,10H,7H2,1H3;6,8-9H,1-5H3;5H,4H2,1-3H3;3H,2H2,1H3;4-5H,3H2,1-2H3;2*3H,2H2,1H3;3-4H,2H2,1H3;3H,2H2,1H3;3-4H,2H2,1H3/t8-,10-;;;;;;;;;/m0........./s1. The summed E-state index contributed by atoms with van der Waals surface area (Å²) in [7, 11) is 0. The highest BCUT2D eigenvalue weighted by Crippen LogP contribution is 2.59. The van der Waals surface area contributed by atoms with E-state index in [0.29, 0.717) is 31.3 Å². The molecule has 1 aromatic carbocycles. The third kappa shape index (κ3) is 23.2. The Morgan fingerprint density at radius 1 is 0.588 bits per heavy atom. The number of alkyl halides is 12. The first kappa shape index (κ1) is 64.4. The summed E-state index contributed by atoms with van der Waals surface area (Å²) >= 11 is 23.6. The van der Waals surface area contributed by atoms with E-state index in [4.69, 9.17) is 34.8 Å². The van der Waals surface area contributed by atoms with E-state index in [1.54, 1.807) is 6.92 Å². The van der Waals surface area contributed by atoms with Gasteiger partial charge in [-0.15, -0.1) is 34.8 Å². The van der Waals surface area contributed by atoms with Crippen LogP contribution in [0.3, 0.4) is 0 Å². The summed E-state index contributed by atoms with van der Waals surface area (Å²) in [6.45, 7) is 36.3. The van der Waals surface area contributed by atoms with E-state index in [9.17, 15) is 30.7 Å². The van der Waals surface area contributed by atoms with Crippen molar-refractivity contribution < 1.29 is 30.7 Å². The van der Waals surface area contributed by atoms with Crippen LogP contribution in [0.5, 0.6) is 0 Å². The molecule has 12 heteroatoms. The largest absolute Gasteiger partial charge is 0.312 e. The smallest absolute Gasteiger partial charge is 0.247 e. The highest BCUT2D eigenvalue weighted by atomic mass is 79.9. The van der Waals surface area contributed by atoms with Gasteiger partial charge in [0.05, 0.1) is 3.23 Å². The van der Waals surface area contributed by atoms with E-state index in [2.05, 4.69) is 158 Å². The molecule has 10 aliphatic carbocycles. The van der Waals surface area contributed by atoms with Crippen molar-refractivity contribution in [1.29, 1.82) is 0 Å². The fourth-order valence-corrected chi connectivity index (χ4v) is 8.58. The maximum atomic E-state index is 12.0. The Labute approximate surface area is 442 Å². The molecule has 15 atom stereocenters. The lowest BCUT2D eigenvalue weighted by Crippen LogP contribution is -2.57. The van der Waals surface area contributed by atoms with Gasteiger partial charge in [-0.05, 0) is 140 Å². The molecule has 0 amide bonds. The first-order valence-electron chi connectivity index (χ1n) is 25.5. The van der Waals surface area contributed by atoms with Crippen molar-refractivity contribution >= 4 is 66.7 Å². The summed E-state index contributed by atoms with van der Waals surface area (Å²) < 4.78 is 82.1. The van der Waals surface area contributed by atoms with Crippen LogP contribution in [0.2, 0.25) is 0 Å². The zero-order valence-corrected chi connectivity index (χ0v) is 50.0. The molecule has 0 spiro atoms. The number of hydrogen-bond acceptors (Lipinski definition) is 0. The van der Waals surface area contributed by atoms with Gasteiger partial charge in [0.25, 0.3) is 5.92 Å². The summed E-state index contributed by atoms with van der Waals surface area (Å²) in [5, 5.41) is 0.523. The molecule has 398 valence electrons. The molecular weight excluding hydrogens is 1070 g/mol. The second-order valence-electron chi connectivity index (χ2n) is 24.4. The minimum atomic E-state index is -3.76. The number of hydrogen-bond donors (Lipinski definition) is 0. The van der Waals surface area contributed by atoms with Gasteiger partial charge >= 0.3 is 11.8 Å². The van der Waals surface area contributed by atoms with Crippen LogP contribution < -0.4 is 0 Å². The number of rotatable bonds is 2. The third-order valence-electron chi connectivity index (χ3n) is 15.9. The second-order valence-corrected chi connectivity index (χ2v) is 30.4. The number of halogens is 12. The summed E-state index contributed by atoms with van der Waals surface area (Å²) in [5.41, 5.74) is 4.27. The first-order valence-corrected chi connectivity index (χ1v) is 28.3. The average molecular weight is 1160 g/mol. The van der Waals surface area contributed by atoms with E-state index >= 15 is 0 Å². The molecule has 68 heavy (non-hydrogen) atoms. The van der Waals surface area contributed by atoms with Crippen LogP contribution in [0.25, 0.3) is 0 Å². The Kier molecular flexibility index (Phi) is 23.9. The molecule has 10 fully saturated rings. The molecule has 0 bridgehead atoms. The Balaban J connectivity index is 0.000000262.